The molecule has 0 saturated carbocycles. The predicted molar refractivity (Wildman–Crippen MR) is 132 cm³/mol. The molecule has 1 aliphatic heterocycles. The third-order valence-electron chi connectivity index (χ3n) is 5.23. The number of para-hydroxylation sites is 2. The maximum Gasteiger partial charge on any atom is 0.262 e. The average Bonchev–Trinajstić information content (AvgIpc) is 3.22. The zero-order valence-electron chi connectivity index (χ0n) is 16.8. The summed E-state index contributed by atoms with van der Waals surface area (Å²) in [6, 6.07) is 22.1. The van der Waals surface area contributed by atoms with Crippen LogP contribution < -0.4 is 10.9 Å². The summed E-state index contributed by atoms with van der Waals surface area (Å²) in [7, 11) is 0. The summed E-state index contributed by atoms with van der Waals surface area (Å²) in [6.07, 6.45) is 0. The summed E-state index contributed by atoms with van der Waals surface area (Å²) in [5.74, 6) is 1.23. The highest BCUT2D eigenvalue weighted by Crippen LogP contribution is 2.36. The smallest absolute Gasteiger partial charge is 0.262 e. The Morgan fingerprint density at radius 1 is 1.09 bits per heavy atom. The van der Waals surface area contributed by atoms with Gasteiger partial charge in [-0.25, -0.2) is 4.98 Å². The number of aromatic nitrogens is 2. The summed E-state index contributed by atoms with van der Waals surface area (Å²) in [5.41, 5.74) is 1.88. The van der Waals surface area contributed by atoms with Gasteiger partial charge in [0.15, 0.2) is 5.16 Å². The lowest BCUT2D eigenvalue weighted by molar-refractivity contribution is 0.102. The van der Waals surface area contributed by atoms with Crippen LogP contribution in [-0.2, 0) is 0 Å². The summed E-state index contributed by atoms with van der Waals surface area (Å²) in [5, 5.41) is 4.78. The molecule has 1 aliphatic rings. The van der Waals surface area contributed by atoms with Crippen molar-refractivity contribution in [2.24, 2.45) is 0 Å². The fourth-order valence-corrected chi connectivity index (χ4v) is 6.24. The molecule has 1 aromatic heterocycles. The molecular formula is C24H18ClN3O2S2. The van der Waals surface area contributed by atoms with Crippen LogP contribution in [0.15, 0.2) is 87.6 Å². The maximum atomic E-state index is 13.1. The number of halogens is 1. The summed E-state index contributed by atoms with van der Waals surface area (Å²) >= 11 is 9.39. The van der Waals surface area contributed by atoms with Crippen molar-refractivity contribution in [2.45, 2.75) is 16.1 Å². The van der Waals surface area contributed by atoms with Gasteiger partial charge in [-0.2, -0.15) is 0 Å². The zero-order chi connectivity index (χ0) is 22.1. The topological polar surface area (TPSA) is 64.0 Å². The lowest BCUT2D eigenvalue weighted by atomic mass is 10.2. The van der Waals surface area contributed by atoms with Gasteiger partial charge in [0.2, 0.25) is 0 Å². The van der Waals surface area contributed by atoms with Crippen LogP contribution >= 0.6 is 35.1 Å². The van der Waals surface area contributed by atoms with Crippen molar-refractivity contribution in [2.75, 3.05) is 16.8 Å². The minimum Gasteiger partial charge on any atom is -0.321 e. The molecule has 2 heterocycles. The molecule has 0 radical (unpaired) electrons. The third kappa shape index (κ3) is 4.03. The number of carbonyl (C=O) groups is 1. The van der Waals surface area contributed by atoms with Gasteiger partial charge in [-0.05, 0) is 36.4 Å². The molecular weight excluding hydrogens is 462 g/mol. The SMILES string of the molecule is O=C(Nc1ccccc1SC[C@H]1CSc2nc3ccccc3c(=O)n21)c1ccccc1Cl. The van der Waals surface area contributed by atoms with Crippen LogP contribution in [0.3, 0.4) is 0 Å². The Balaban J connectivity index is 1.36. The number of benzene rings is 3. The fraction of sp³-hybridized carbons (Fsp3) is 0.125. The minimum absolute atomic E-state index is 0.00140. The lowest BCUT2D eigenvalue weighted by Crippen LogP contribution is -2.26. The van der Waals surface area contributed by atoms with E-state index in [0.29, 0.717) is 21.7 Å². The first kappa shape index (κ1) is 21.1. The summed E-state index contributed by atoms with van der Waals surface area (Å²) in [4.78, 5) is 31.4. The highest BCUT2D eigenvalue weighted by atomic mass is 35.5. The van der Waals surface area contributed by atoms with E-state index in [4.69, 9.17) is 11.6 Å². The molecule has 5 rings (SSSR count). The van der Waals surface area contributed by atoms with Crippen molar-refractivity contribution in [3.8, 4) is 0 Å². The second-order valence-electron chi connectivity index (χ2n) is 7.29. The number of nitrogens with one attached hydrogen (secondary N) is 1. The fourth-order valence-electron chi connectivity index (χ4n) is 3.63. The Bertz CT molecular complexity index is 1390. The molecule has 0 spiro atoms. The average molecular weight is 480 g/mol. The van der Waals surface area contributed by atoms with E-state index < -0.39 is 0 Å². The first-order valence-electron chi connectivity index (χ1n) is 10.0. The van der Waals surface area contributed by atoms with Crippen LogP contribution in [0.25, 0.3) is 10.9 Å². The van der Waals surface area contributed by atoms with Gasteiger partial charge in [0.1, 0.15) is 0 Å². The minimum atomic E-state index is -0.252. The van der Waals surface area contributed by atoms with Crippen LogP contribution in [0.1, 0.15) is 16.4 Å². The number of carbonyl (C=O) groups excluding carboxylic acids is 1. The number of hydrogen-bond acceptors (Lipinski definition) is 5. The Morgan fingerprint density at radius 2 is 1.84 bits per heavy atom. The summed E-state index contributed by atoms with van der Waals surface area (Å²) < 4.78 is 1.81. The van der Waals surface area contributed by atoms with Crippen LogP contribution in [-0.4, -0.2) is 27.0 Å². The van der Waals surface area contributed by atoms with Gasteiger partial charge in [-0.1, -0.05) is 59.8 Å². The number of amides is 1. The number of hydrogen-bond donors (Lipinski definition) is 1. The molecule has 1 N–H and O–H groups in total. The number of fused-ring (bicyclic) bond motifs is 2. The van der Waals surface area contributed by atoms with Crippen LogP contribution in [0, 0.1) is 0 Å². The summed E-state index contributed by atoms with van der Waals surface area (Å²) in [6.45, 7) is 0. The lowest BCUT2D eigenvalue weighted by Gasteiger charge is -2.15. The molecule has 32 heavy (non-hydrogen) atoms. The van der Waals surface area contributed by atoms with E-state index in [0.717, 1.165) is 27.0 Å². The van der Waals surface area contributed by atoms with Gasteiger partial charge in [-0.15, -0.1) is 11.8 Å². The van der Waals surface area contributed by atoms with Gasteiger partial charge < -0.3 is 5.32 Å². The first-order chi connectivity index (χ1) is 15.6. The third-order valence-corrected chi connectivity index (χ3v) is 7.88. The van der Waals surface area contributed by atoms with E-state index in [1.54, 1.807) is 47.8 Å². The molecule has 3 aromatic carbocycles. The molecule has 0 saturated heterocycles. The normalized spacial score (nSPS) is 15.0. The molecule has 4 aromatic rings. The highest BCUT2D eigenvalue weighted by Gasteiger charge is 2.27. The number of nitrogens with zero attached hydrogens (tertiary/aromatic N) is 2. The van der Waals surface area contributed by atoms with E-state index in [9.17, 15) is 9.59 Å². The zero-order valence-corrected chi connectivity index (χ0v) is 19.2. The van der Waals surface area contributed by atoms with Crippen molar-refractivity contribution in [1.29, 1.82) is 0 Å². The van der Waals surface area contributed by atoms with Crippen LogP contribution in [0.5, 0.6) is 0 Å². The standard InChI is InChI=1S/C24H18ClN3O2S2/c25-18-9-3-1-7-16(18)22(29)26-20-11-5-6-12-21(20)31-13-15-14-32-24-27-19-10-4-2-8-17(19)23(30)28(15)24/h1-12,15H,13-14H2,(H,26,29)/t15-/m0/s1. The number of anilines is 1. The first-order valence-corrected chi connectivity index (χ1v) is 12.4. The second-order valence-corrected chi connectivity index (χ2v) is 9.75. The van der Waals surface area contributed by atoms with Gasteiger partial charge in [-0.3, -0.25) is 14.2 Å². The molecule has 8 heteroatoms. The van der Waals surface area contributed by atoms with E-state index in [2.05, 4.69) is 10.3 Å². The predicted octanol–water partition coefficient (Wildman–Crippen LogP) is 5.74. The largest absolute Gasteiger partial charge is 0.321 e. The van der Waals surface area contributed by atoms with Crippen molar-refractivity contribution < 1.29 is 4.79 Å². The van der Waals surface area contributed by atoms with Crippen molar-refractivity contribution >= 4 is 57.6 Å². The highest BCUT2D eigenvalue weighted by molar-refractivity contribution is 8.00. The van der Waals surface area contributed by atoms with Gasteiger partial charge in [0, 0.05) is 16.4 Å². The van der Waals surface area contributed by atoms with Crippen molar-refractivity contribution in [3.05, 3.63) is 93.7 Å². The molecule has 0 fully saturated rings. The Kier molecular flexibility index (Phi) is 5.95. The Hall–Kier alpha value is -2.74. The molecule has 160 valence electrons. The number of thioether (sulfide) groups is 2. The maximum absolute atomic E-state index is 13.1. The van der Waals surface area contributed by atoms with Gasteiger partial charge >= 0.3 is 0 Å². The van der Waals surface area contributed by atoms with E-state index >= 15 is 0 Å². The molecule has 0 unspecified atom stereocenters. The molecule has 1 atom stereocenters. The van der Waals surface area contributed by atoms with Crippen LogP contribution in [0.4, 0.5) is 5.69 Å². The Labute approximate surface area is 198 Å². The van der Waals surface area contributed by atoms with E-state index in [1.807, 2.05) is 53.1 Å². The van der Waals surface area contributed by atoms with E-state index in [-0.39, 0.29) is 17.5 Å². The molecule has 0 aliphatic carbocycles. The van der Waals surface area contributed by atoms with Crippen molar-refractivity contribution in [3.63, 3.8) is 0 Å². The van der Waals surface area contributed by atoms with Gasteiger partial charge in [0.25, 0.3) is 11.5 Å². The Morgan fingerprint density at radius 3 is 2.72 bits per heavy atom. The van der Waals surface area contributed by atoms with E-state index in [1.165, 1.54) is 0 Å². The number of rotatable bonds is 5. The molecule has 1 amide bonds. The van der Waals surface area contributed by atoms with Gasteiger partial charge in [0.05, 0.1) is 33.2 Å². The quantitative estimate of drug-likeness (QED) is 0.292. The monoisotopic (exact) mass is 479 g/mol. The van der Waals surface area contributed by atoms with Crippen molar-refractivity contribution in [1.82, 2.24) is 9.55 Å². The molecule has 5 nitrogen and oxygen atoms in total. The second kappa shape index (κ2) is 9.02. The van der Waals surface area contributed by atoms with Crippen LogP contribution in [0.2, 0.25) is 5.02 Å². The molecule has 0 bridgehead atoms.